The quantitative estimate of drug-likeness (QED) is 0.844. The predicted octanol–water partition coefficient (Wildman–Crippen LogP) is 1.61. The predicted molar refractivity (Wildman–Crippen MR) is 71.2 cm³/mol. The molecule has 0 aliphatic rings. The molecule has 0 aromatic carbocycles. The van der Waals surface area contributed by atoms with Crippen molar-refractivity contribution in [3.8, 4) is 0 Å². The third-order valence-corrected chi connectivity index (χ3v) is 3.22. The molecule has 0 radical (unpaired) electrons. The summed E-state index contributed by atoms with van der Waals surface area (Å²) < 4.78 is 1.88. The zero-order valence-electron chi connectivity index (χ0n) is 11.5. The lowest BCUT2D eigenvalue weighted by Gasteiger charge is -2.04. The van der Waals surface area contributed by atoms with Gasteiger partial charge in [0.1, 0.15) is 0 Å². The average Bonchev–Trinajstić information content (AvgIpc) is 2.85. The first-order valence-corrected chi connectivity index (χ1v) is 6.34. The molecule has 0 amide bonds. The Morgan fingerprint density at radius 3 is 2.72 bits per heavy atom. The molecule has 0 unspecified atom stereocenters. The van der Waals surface area contributed by atoms with Crippen LogP contribution in [0.25, 0.3) is 0 Å². The molecule has 2 aromatic heterocycles. The van der Waals surface area contributed by atoms with Crippen LogP contribution in [0.3, 0.4) is 0 Å². The minimum absolute atomic E-state index is 0.839. The summed E-state index contributed by atoms with van der Waals surface area (Å²) in [6.07, 6.45) is 3.06. The van der Waals surface area contributed by atoms with Crippen LogP contribution in [0.15, 0.2) is 6.20 Å². The molecule has 2 heterocycles. The van der Waals surface area contributed by atoms with Gasteiger partial charge >= 0.3 is 0 Å². The largest absolute Gasteiger partial charge is 0.308 e. The molecule has 0 spiro atoms. The molecular formula is C13H21N5. The molecule has 0 bridgehead atoms. The van der Waals surface area contributed by atoms with E-state index in [9.17, 15) is 0 Å². The van der Waals surface area contributed by atoms with Gasteiger partial charge in [-0.25, -0.2) is 0 Å². The number of aromatic nitrogens is 4. The molecule has 18 heavy (non-hydrogen) atoms. The first kappa shape index (κ1) is 12.8. The third kappa shape index (κ3) is 2.61. The van der Waals surface area contributed by atoms with Crippen LogP contribution in [0.2, 0.25) is 0 Å². The van der Waals surface area contributed by atoms with Crippen molar-refractivity contribution in [2.45, 2.75) is 40.3 Å². The Hall–Kier alpha value is -1.62. The van der Waals surface area contributed by atoms with Gasteiger partial charge in [0.25, 0.3) is 0 Å². The first-order valence-electron chi connectivity index (χ1n) is 6.34. The van der Waals surface area contributed by atoms with E-state index in [1.165, 1.54) is 16.8 Å². The van der Waals surface area contributed by atoms with Crippen LogP contribution in [0.4, 0.5) is 0 Å². The van der Waals surface area contributed by atoms with E-state index in [1.54, 1.807) is 0 Å². The number of hydrogen-bond acceptors (Lipinski definition) is 3. The van der Waals surface area contributed by atoms with E-state index < -0.39 is 0 Å². The van der Waals surface area contributed by atoms with Gasteiger partial charge in [-0.3, -0.25) is 9.78 Å². The highest BCUT2D eigenvalue weighted by Crippen LogP contribution is 2.10. The highest BCUT2D eigenvalue weighted by Gasteiger charge is 2.08. The molecule has 2 aromatic rings. The molecule has 0 saturated carbocycles. The van der Waals surface area contributed by atoms with Crippen molar-refractivity contribution in [2.24, 2.45) is 7.05 Å². The molecule has 2 rings (SSSR count). The number of hydrogen-bond donors (Lipinski definition) is 2. The van der Waals surface area contributed by atoms with Crippen LogP contribution >= 0.6 is 0 Å². The normalized spacial score (nSPS) is 11.1. The van der Waals surface area contributed by atoms with Gasteiger partial charge in [-0.1, -0.05) is 6.92 Å². The number of H-pyrrole nitrogens is 1. The maximum atomic E-state index is 4.44. The Kier molecular flexibility index (Phi) is 3.81. The fourth-order valence-corrected chi connectivity index (χ4v) is 2.19. The fraction of sp³-hybridized carbons (Fsp3) is 0.538. The van der Waals surface area contributed by atoms with E-state index in [4.69, 9.17) is 0 Å². The minimum Gasteiger partial charge on any atom is -0.308 e. The SMILES string of the molecule is CCc1nn(C)cc1CNCc1c(C)n[nH]c1C. The van der Waals surface area contributed by atoms with Gasteiger partial charge in [0.15, 0.2) is 0 Å². The second kappa shape index (κ2) is 5.35. The molecule has 0 aliphatic heterocycles. The van der Waals surface area contributed by atoms with Crippen molar-refractivity contribution in [1.82, 2.24) is 25.3 Å². The highest BCUT2D eigenvalue weighted by molar-refractivity contribution is 5.23. The Bertz CT molecular complexity index is 504. The summed E-state index contributed by atoms with van der Waals surface area (Å²) >= 11 is 0. The zero-order chi connectivity index (χ0) is 13.1. The number of aryl methyl sites for hydroxylation is 4. The molecule has 0 atom stereocenters. The second-order valence-corrected chi connectivity index (χ2v) is 4.64. The van der Waals surface area contributed by atoms with E-state index in [1.807, 2.05) is 18.7 Å². The molecule has 2 N–H and O–H groups in total. The average molecular weight is 247 g/mol. The lowest BCUT2D eigenvalue weighted by atomic mass is 10.2. The Morgan fingerprint density at radius 2 is 2.11 bits per heavy atom. The smallest absolute Gasteiger partial charge is 0.0666 e. The van der Waals surface area contributed by atoms with E-state index in [0.717, 1.165) is 30.9 Å². The van der Waals surface area contributed by atoms with Gasteiger partial charge in [-0.2, -0.15) is 10.2 Å². The molecule has 0 saturated heterocycles. The number of nitrogens with one attached hydrogen (secondary N) is 2. The van der Waals surface area contributed by atoms with E-state index in [2.05, 4.69) is 40.7 Å². The van der Waals surface area contributed by atoms with E-state index in [-0.39, 0.29) is 0 Å². The summed E-state index contributed by atoms with van der Waals surface area (Å²) in [4.78, 5) is 0. The lowest BCUT2D eigenvalue weighted by Crippen LogP contribution is -2.14. The van der Waals surface area contributed by atoms with Crippen molar-refractivity contribution < 1.29 is 0 Å². The van der Waals surface area contributed by atoms with Crippen molar-refractivity contribution in [3.63, 3.8) is 0 Å². The number of rotatable bonds is 5. The van der Waals surface area contributed by atoms with Gasteiger partial charge in [-0.15, -0.1) is 0 Å². The summed E-state index contributed by atoms with van der Waals surface area (Å²) in [5, 5.41) is 15.1. The number of nitrogens with zero attached hydrogens (tertiary/aromatic N) is 3. The summed E-state index contributed by atoms with van der Waals surface area (Å²) in [6.45, 7) is 7.91. The highest BCUT2D eigenvalue weighted by atomic mass is 15.3. The first-order chi connectivity index (χ1) is 8.61. The van der Waals surface area contributed by atoms with Crippen LogP contribution in [-0.2, 0) is 26.6 Å². The zero-order valence-corrected chi connectivity index (χ0v) is 11.5. The van der Waals surface area contributed by atoms with Crippen LogP contribution in [0.1, 0.15) is 35.1 Å². The van der Waals surface area contributed by atoms with E-state index in [0.29, 0.717) is 0 Å². The molecule has 5 heteroatoms. The summed E-state index contributed by atoms with van der Waals surface area (Å²) in [5.74, 6) is 0. The summed E-state index contributed by atoms with van der Waals surface area (Å²) in [7, 11) is 1.97. The van der Waals surface area contributed by atoms with Crippen molar-refractivity contribution >= 4 is 0 Å². The summed E-state index contributed by atoms with van der Waals surface area (Å²) in [6, 6.07) is 0. The van der Waals surface area contributed by atoms with Gasteiger partial charge < -0.3 is 5.32 Å². The topological polar surface area (TPSA) is 58.5 Å². The van der Waals surface area contributed by atoms with Gasteiger partial charge in [0.05, 0.1) is 11.4 Å². The van der Waals surface area contributed by atoms with Crippen LogP contribution in [0.5, 0.6) is 0 Å². The van der Waals surface area contributed by atoms with Crippen molar-refractivity contribution in [1.29, 1.82) is 0 Å². The molecule has 0 fully saturated rings. The Labute approximate surface area is 108 Å². The monoisotopic (exact) mass is 247 g/mol. The van der Waals surface area contributed by atoms with Crippen LogP contribution in [-0.4, -0.2) is 20.0 Å². The van der Waals surface area contributed by atoms with Crippen LogP contribution in [0, 0.1) is 13.8 Å². The maximum Gasteiger partial charge on any atom is 0.0666 e. The number of aromatic amines is 1. The standard InChI is InChI=1S/C13H21N5/c1-5-13-11(8-18(4)17-13)6-14-7-12-9(2)15-16-10(12)3/h8,14H,5-7H2,1-4H3,(H,15,16). The maximum absolute atomic E-state index is 4.44. The molecular weight excluding hydrogens is 226 g/mol. The molecule has 98 valence electrons. The molecule has 0 aliphatic carbocycles. The fourth-order valence-electron chi connectivity index (χ4n) is 2.19. The van der Waals surface area contributed by atoms with Gasteiger partial charge in [0, 0.05) is 43.2 Å². The molecule has 5 nitrogen and oxygen atoms in total. The van der Waals surface area contributed by atoms with Crippen LogP contribution < -0.4 is 5.32 Å². The summed E-state index contributed by atoms with van der Waals surface area (Å²) in [5.41, 5.74) is 5.92. The lowest BCUT2D eigenvalue weighted by molar-refractivity contribution is 0.683. The minimum atomic E-state index is 0.839. The van der Waals surface area contributed by atoms with Crippen molar-refractivity contribution in [3.05, 3.63) is 34.4 Å². The van der Waals surface area contributed by atoms with Gasteiger partial charge in [0.2, 0.25) is 0 Å². The van der Waals surface area contributed by atoms with Gasteiger partial charge in [-0.05, 0) is 20.3 Å². The third-order valence-electron chi connectivity index (χ3n) is 3.22. The van der Waals surface area contributed by atoms with Crippen molar-refractivity contribution in [2.75, 3.05) is 0 Å². The Balaban J connectivity index is 1.96. The van der Waals surface area contributed by atoms with E-state index >= 15 is 0 Å². The second-order valence-electron chi connectivity index (χ2n) is 4.64. The Morgan fingerprint density at radius 1 is 1.33 bits per heavy atom.